The van der Waals surface area contributed by atoms with E-state index in [0.29, 0.717) is 16.8 Å². The van der Waals surface area contributed by atoms with Crippen LogP contribution in [0.1, 0.15) is 16.7 Å². The second-order valence-electron chi connectivity index (χ2n) is 5.59. The number of aromatic nitrogens is 1. The van der Waals surface area contributed by atoms with Crippen LogP contribution in [0.5, 0.6) is 0 Å². The first-order valence-corrected chi connectivity index (χ1v) is 7.68. The van der Waals surface area contributed by atoms with Crippen LogP contribution in [0.15, 0.2) is 79.1 Å². The molecular formula is C20H18N2O2. The lowest BCUT2D eigenvalue weighted by atomic mass is 9.85. The Kier molecular flexibility index (Phi) is 4.40. The molecule has 120 valence electrons. The third kappa shape index (κ3) is 2.92. The molecule has 0 spiro atoms. The number of nitrogens with one attached hydrogen (secondary N) is 1. The fourth-order valence-corrected chi connectivity index (χ4v) is 2.61. The maximum atomic E-state index is 13.0. The molecule has 0 fully saturated rings. The van der Waals surface area contributed by atoms with Gasteiger partial charge in [-0.2, -0.15) is 0 Å². The third-order valence-corrected chi connectivity index (χ3v) is 3.98. The fraction of sp³-hybridized carbons (Fsp3) is 0.100. The Labute approximate surface area is 140 Å². The molecule has 1 amide bonds. The molecule has 4 heteroatoms. The number of hydrogen-bond acceptors (Lipinski definition) is 3. The first-order chi connectivity index (χ1) is 11.6. The van der Waals surface area contributed by atoms with Crippen LogP contribution < -0.4 is 5.32 Å². The van der Waals surface area contributed by atoms with Gasteiger partial charge in [-0.15, -0.1) is 0 Å². The zero-order valence-corrected chi connectivity index (χ0v) is 13.3. The van der Waals surface area contributed by atoms with Crippen molar-refractivity contribution in [3.63, 3.8) is 0 Å². The molecule has 2 aromatic carbocycles. The molecule has 0 saturated heterocycles. The minimum absolute atomic E-state index is 0.505. The molecule has 0 unspecified atom stereocenters. The van der Waals surface area contributed by atoms with Crippen molar-refractivity contribution in [2.45, 2.75) is 12.5 Å². The summed E-state index contributed by atoms with van der Waals surface area (Å²) < 4.78 is 0. The van der Waals surface area contributed by atoms with Gasteiger partial charge >= 0.3 is 0 Å². The van der Waals surface area contributed by atoms with Crippen molar-refractivity contribution in [3.8, 4) is 0 Å². The summed E-state index contributed by atoms with van der Waals surface area (Å²) in [6, 6.07) is 19.6. The summed E-state index contributed by atoms with van der Waals surface area (Å²) in [5.74, 6) is -0.505. The molecule has 3 aromatic rings. The number of hydrogen-bond donors (Lipinski definition) is 2. The van der Waals surface area contributed by atoms with Crippen LogP contribution in [-0.4, -0.2) is 16.0 Å². The van der Waals surface area contributed by atoms with Gasteiger partial charge in [-0.1, -0.05) is 60.7 Å². The molecule has 4 nitrogen and oxygen atoms in total. The number of amides is 1. The third-order valence-electron chi connectivity index (χ3n) is 3.98. The highest BCUT2D eigenvalue weighted by molar-refractivity contribution is 6.00. The molecule has 3 rings (SSSR count). The Morgan fingerprint density at radius 1 is 0.958 bits per heavy atom. The average Bonchev–Trinajstić information content (AvgIpc) is 2.64. The summed E-state index contributed by atoms with van der Waals surface area (Å²) in [6.07, 6.45) is 3.27. The molecule has 2 N–H and O–H groups in total. The molecule has 0 aliphatic rings. The van der Waals surface area contributed by atoms with Crippen LogP contribution in [0.4, 0.5) is 5.69 Å². The Morgan fingerprint density at radius 3 is 2.00 bits per heavy atom. The van der Waals surface area contributed by atoms with E-state index < -0.39 is 11.5 Å². The lowest BCUT2D eigenvalue weighted by Crippen LogP contribution is -2.41. The second kappa shape index (κ2) is 6.64. The number of aliphatic hydroxyl groups is 1. The van der Waals surface area contributed by atoms with E-state index in [4.69, 9.17) is 0 Å². The van der Waals surface area contributed by atoms with Crippen LogP contribution >= 0.6 is 0 Å². The number of benzene rings is 2. The van der Waals surface area contributed by atoms with E-state index in [1.165, 1.54) is 0 Å². The van der Waals surface area contributed by atoms with Crippen molar-refractivity contribution < 1.29 is 9.90 Å². The van der Waals surface area contributed by atoms with Gasteiger partial charge in [-0.25, -0.2) is 0 Å². The Bertz CT molecular complexity index is 793. The van der Waals surface area contributed by atoms with E-state index in [1.54, 1.807) is 67.0 Å². The molecule has 24 heavy (non-hydrogen) atoms. The number of carbonyl (C=O) groups excluding carboxylic acids is 1. The smallest absolute Gasteiger partial charge is 0.265 e. The second-order valence-corrected chi connectivity index (χ2v) is 5.59. The van der Waals surface area contributed by atoms with Gasteiger partial charge in [0.15, 0.2) is 5.60 Å². The van der Waals surface area contributed by atoms with Crippen molar-refractivity contribution in [3.05, 3.63) is 95.8 Å². The molecule has 0 aliphatic heterocycles. The van der Waals surface area contributed by atoms with E-state index in [0.717, 1.165) is 5.56 Å². The van der Waals surface area contributed by atoms with Crippen LogP contribution in [0, 0.1) is 6.92 Å². The Hall–Kier alpha value is -2.98. The predicted octanol–water partition coefficient (Wildman–Crippen LogP) is 3.26. The molecule has 1 aromatic heterocycles. The lowest BCUT2D eigenvalue weighted by Gasteiger charge is -2.28. The Balaban J connectivity index is 2.06. The highest BCUT2D eigenvalue weighted by Gasteiger charge is 2.40. The average molecular weight is 318 g/mol. The quantitative estimate of drug-likeness (QED) is 0.776. The number of anilines is 1. The number of rotatable bonds is 4. The van der Waals surface area contributed by atoms with Crippen molar-refractivity contribution >= 4 is 11.6 Å². The molecule has 0 radical (unpaired) electrons. The van der Waals surface area contributed by atoms with Crippen LogP contribution in [-0.2, 0) is 10.4 Å². The van der Waals surface area contributed by atoms with Crippen molar-refractivity contribution in [1.82, 2.24) is 4.98 Å². The highest BCUT2D eigenvalue weighted by Crippen LogP contribution is 2.31. The SMILES string of the molecule is Cc1cnccc1NC(=O)C(O)(c1ccccc1)c1ccccc1. The maximum Gasteiger partial charge on any atom is 0.265 e. The zero-order valence-electron chi connectivity index (χ0n) is 13.3. The molecule has 0 saturated carbocycles. The molecule has 0 atom stereocenters. The molecule has 0 bridgehead atoms. The number of aryl methyl sites for hydroxylation is 1. The van der Waals surface area contributed by atoms with Gasteiger partial charge in [0.05, 0.1) is 0 Å². The summed E-state index contributed by atoms with van der Waals surface area (Å²) >= 11 is 0. The van der Waals surface area contributed by atoms with Gasteiger partial charge in [0.25, 0.3) is 5.91 Å². The monoisotopic (exact) mass is 318 g/mol. The summed E-state index contributed by atoms with van der Waals surface area (Å²) in [6.45, 7) is 1.85. The van der Waals surface area contributed by atoms with Crippen LogP contribution in [0.3, 0.4) is 0 Å². The number of nitrogens with zero attached hydrogens (tertiary/aromatic N) is 1. The highest BCUT2D eigenvalue weighted by atomic mass is 16.3. The van der Waals surface area contributed by atoms with E-state index in [2.05, 4.69) is 10.3 Å². The van der Waals surface area contributed by atoms with Crippen LogP contribution in [0.2, 0.25) is 0 Å². The lowest BCUT2D eigenvalue weighted by molar-refractivity contribution is -0.131. The summed E-state index contributed by atoms with van der Waals surface area (Å²) in [5, 5.41) is 14.2. The summed E-state index contributed by atoms with van der Waals surface area (Å²) in [4.78, 5) is 17.0. The zero-order chi connectivity index (χ0) is 17.0. The van der Waals surface area contributed by atoms with Gasteiger partial charge in [0, 0.05) is 18.1 Å². The number of pyridine rings is 1. The molecule has 1 heterocycles. The predicted molar refractivity (Wildman–Crippen MR) is 93.5 cm³/mol. The van der Waals surface area contributed by atoms with E-state index in [9.17, 15) is 9.90 Å². The minimum atomic E-state index is -1.78. The maximum absolute atomic E-state index is 13.0. The van der Waals surface area contributed by atoms with Crippen LogP contribution in [0.25, 0.3) is 0 Å². The first kappa shape index (κ1) is 15.9. The normalized spacial score (nSPS) is 11.1. The largest absolute Gasteiger partial charge is 0.372 e. The van der Waals surface area contributed by atoms with Gasteiger partial charge in [0.1, 0.15) is 0 Å². The van der Waals surface area contributed by atoms with E-state index >= 15 is 0 Å². The van der Waals surface area contributed by atoms with Gasteiger partial charge in [-0.05, 0) is 29.7 Å². The van der Waals surface area contributed by atoms with Gasteiger partial charge in [-0.3, -0.25) is 9.78 Å². The van der Waals surface area contributed by atoms with Gasteiger partial charge < -0.3 is 10.4 Å². The first-order valence-electron chi connectivity index (χ1n) is 7.68. The summed E-state index contributed by atoms with van der Waals surface area (Å²) in [7, 11) is 0. The minimum Gasteiger partial charge on any atom is -0.372 e. The molecular weight excluding hydrogens is 300 g/mol. The standard InChI is InChI=1S/C20H18N2O2/c1-15-14-21-13-12-18(15)22-19(23)20(24,16-8-4-2-5-9-16)17-10-6-3-7-11-17/h2-14,24H,1H3,(H,21,22,23). The summed E-state index contributed by atoms with van der Waals surface area (Å²) in [5.41, 5.74) is 0.702. The topological polar surface area (TPSA) is 62.2 Å². The van der Waals surface area contributed by atoms with E-state index in [1.807, 2.05) is 19.1 Å². The van der Waals surface area contributed by atoms with Crippen molar-refractivity contribution in [2.75, 3.05) is 5.32 Å². The van der Waals surface area contributed by atoms with Gasteiger partial charge in [0.2, 0.25) is 0 Å². The van der Waals surface area contributed by atoms with E-state index in [-0.39, 0.29) is 0 Å². The number of carbonyl (C=O) groups is 1. The van der Waals surface area contributed by atoms with Crippen molar-refractivity contribution in [2.24, 2.45) is 0 Å². The fourth-order valence-electron chi connectivity index (χ4n) is 2.61. The van der Waals surface area contributed by atoms with Crippen molar-refractivity contribution in [1.29, 1.82) is 0 Å². The molecule has 0 aliphatic carbocycles. The Morgan fingerprint density at radius 2 is 1.50 bits per heavy atom.